The van der Waals surface area contributed by atoms with E-state index in [0.29, 0.717) is 11.8 Å². The third kappa shape index (κ3) is 3.28. The lowest BCUT2D eigenvalue weighted by Crippen LogP contribution is -1.99. The molecule has 0 unspecified atom stereocenters. The smallest absolute Gasteiger partial charge is 0.233 e. The summed E-state index contributed by atoms with van der Waals surface area (Å²) in [6, 6.07) is 14.3. The highest BCUT2D eigenvalue weighted by Crippen LogP contribution is 2.30. The fourth-order valence-electron chi connectivity index (χ4n) is 3.32. The number of hydrogen-bond donors (Lipinski definition) is 0. The minimum absolute atomic E-state index is 0.484. The Morgan fingerprint density at radius 1 is 1.00 bits per heavy atom. The molecule has 5 nitrogen and oxygen atoms in total. The zero-order valence-electron chi connectivity index (χ0n) is 16.0. The van der Waals surface area contributed by atoms with Crippen molar-refractivity contribution in [1.29, 1.82) is 0 Å². The molecule has 0 radical (unpaired) electrons. The summed E-state index contributed by atoms with van der Waals surface area (Å²) in [7, 11) is 0. The maximum Gasteiger partial charge on any atom is 0.233 e. The van der Waals surface area contributed by atoms with Gasteiger partial charge in [0.25, 0.3) is 0 Å². The van der Waals surface area contributed by atoms with Crippen LogP contribution in [0.1, 0.15) is 36.5 Å². The summed E-state index contributed by atoms with van der Waals surface area (Å²) >= 11 is 0. The number of ether oxygens (including phenoxy) is 1. The van der Waals surface area contributed by atoms with E-state index in [1.165, 1.54) is 23.0 Å². The Balaban J connectivity index is 1.73. The molecule has 0 atom stereocenters. The number of benzene rings is 2. The van der Waals surface area contributed by atoms with Gasteiger partial charge in [0.1, 0.15) is 17.5 Å². The number of hydrogen-bond acceptors (Lipinski definition) is 4. The van der Waals surface area contributed by atoms with Crippen LogP contribution < -0.4 is 4.74 Å². The first kappa shape index (κ1) is 17.2. The molecule has 4 aromatic rings. The highest BCUT2D eigenvalue weighted by atomic mass is 16.5. The van der Waals surface area contributed by atoms with Gasteiger partial charge in [-0.15, -0.1) is 0 Å². The summed E-state index contributed by atoms with van der Waals surface area (Å²) < 4.78 is 7.89. The second-order valence-electron chi connectivity index (χ2n) is 7.09. The Hall–Kier alpha value is -3.21. The topological polar surface area (TPSA) is 52.8 Å². The quantitative estimate of drug-likeness (QED) is 0.493. The van der Waals surface area contributed by atoms with Crippen LogP contribution in [0.15, 0.2) is 55.0 Å². The van der Waals surface area contributed by atoms with E-state index in [9.17, 15) is 0 Å². The second kappa shape index (κ2) is 6.83. The summed E-state index contributed by atoms with van der Waals surface area (Å²) in [6.07, 6.45) is 3.27. The van der Waals surface area contributed by atoms with Gasteiger partial charge in [0, 0.05) is 0 Å². The van der Waals surface area contributed by atoms with Gasteiger partial charge in [-0.05, 0) is 60.7 Å². The van der Waals surface area contributed by atoms with Crippen LogP contribution in [0.3, 0.4) is 0 Å². The highest BCUT2D eigenvalue weighted by Gasteiger charge is 2.13. The van der Waals surface area contributed by atoms with Crippen LogP contribution in [0.25, 0.3) is 16.7 Å². The summed E-state index contributed by atoms with van der Waals surface area (Å²) in [5, 5.41) is 5.28. The zero-order chi connectivity index (χ0) is 19.0. The van der Waals surface area contributed by atoms with Crippen molar-refractivity contribution in [2.45, 2.75) is 33.6 Å². The van der Waals surface area contributed by atoms with Crippen LogP contribution in [-0.4, -0.2) is 19.7 Å². The van der Waals surface area contributed by atoms with Gasteiger partial charge in [0.2, 0.25) is 5.88 Å². The largest absolute Gasteiger partial charge is 0.438 e. The van der Waals surface area contributed by atoms with Crippen LogP contribution in [0.5, 0.6) is 11.6 Å². The summed E-state index contributed by atoms with van der Waals surface area (Å²) in [4.78, 5) is 8.74. The first-order valence-electron chi connectivity index (χ1n) is 9.07. The van der Waals surface area contributed by atoms with Gasteiger partial charge >= 0.3 is 0 Å². The van der Waals surface area contributed by atoms with Crippen molar-refractivity contribution in [3.8, 4) is 17.3 Å². The minimum Gasteiger partial charge on any atom is -0.438 e. The zero-order valence-corrected chi connectivity index (χ0v) is 16.0. The van der Waals surface area contributed by atoms with Gasteiger partial charge in [-0.2, -0.15) is 5.10 Å². The Morgan fingerprint density at radius 3 is 2.59 bits per heavy atom. The van der Waals surface area contributed by atoms with Gasteiger partial charge in [0.05, 0.1) is 11.9 Å². The predicted octanol–water partition coefficient (Wildman–Crippen LogP) is 5.35. The van der Waals surface area contributed by atoms with Gasteiger partial charge in [-0.1, -0.05) is 32.0 Å². The fraction of sp³-hybridized carbons (Fsp3) is 0.227. The molecule has 0 saturated heterocycles. The van der Waals surface area contributed by atoms with Crippen molar-refractivity contribution in [2.24, 2.45) is 0 Å². The molecule has 2 aromatic carbocycles. The molecule has 5 heteroatoms. The number of fused-ring (bicyclic) bond motifs is 1. The van der Waals surface area contributed by atoms with E-state index >= 15 is 0 Å². The molecule has 2 aromatic heterocycles. The first-order chi connectivity index (χ1) is 13.0. The third-order valence-corrected chi connectivity index (χ3v) is 4.65. The van der Waals surface area contributed by atoms with E-state index in [1.54, 1.807) is 6.20 Å². The number of aromatic nitrogens is 4. The van der Waals surface area contributed by atoms with E-state index in [0.717, 1.165) is 22.5 Å². The summed E-state index contributed by atoms with van der Waals surface area (Å²) in [5.41, 5.74) is 5.39. The standard InChI is InChI=1S/C22H22N4O/c1-14(2)19-9-8-18(11-16(19)4)27-22-20-12-25-26(21(20)23-13-24-22)17-7-5-6-15(3)10-17/h5-14H,1-4H3. The molecular formula is C22H22N4O. The molecule has 0 aliphatic carbocycles. The van der Waals surface area contributed by atoms with Crippen molar-refractivity contribution < 1.29 is 4.74 Å². The molecule has 136 valence electrons. The minimum atomic E-state index is 0.484. The van der Waals surface area contributed by atoms with Gasteiger partial charge < -0.3 is 4.74 Å². The van der Waals surface area contributed by atoms with Gasteiger partial charge in [0.15, 0.2) is 5.65 Å². The Labute approximate surface area is 158 Å². The maximum absolute atomic E-state index is 6.08. The molecule has 2 heterocycles. The molecule has 27 heavy (non-hydrogen) atoms. The average molecular weight is 358 g/mol. The molecule has 0 aliphatic rings. The van der Waals surface area contributed by atoms with E-state index in [-0.39, 0.29) is 0 Å². The van der Waals surface area contributed by atoms with Crippen LogP contribution in [0.2, 0.25) is 0 Å². The summed E-state index contributed by atoms with van der Waals surface area (Å²) in [6.45, 7) is 8.54. The van der Waals surface area contributed by atoms with Crippen LogP contribution in [0.4, 0.5) is 0 Å². The monoisotopic (exact) mass is 358 g/mol. The normalized spacial score (nSPS) is 11.3. The molecule has 0 saturated carbocycles. The molecule has 0 fully saturated rings. The van der Waals surface area contributed by atoms with Gasteiger partial charge in [-0.3, -0.25) is 0 Å². The number of aryl methyl sites for hydroxylation is 2. The predicted molar refractivity (Wildman–Crippen MR) is 107 cm³/mol. The van der Waals surface area contributed by atoms with Crippen LogP contribution >= 0.6 is 0 Å². The number of rotatable bonds is 4. The van der Waals surface area contributed by atoms with Crippen LogP contribution in [0, 0.1) is 13.8 Å². The van der Waals surface area contributed by atoms with Crippen molar-refractivity contribution in [3.05, 3.63) is 71.7 Å². The SMILES string of the molecule is Cc1cccc(-n2ncc3c(Oc4ccc(C(C)C)c(C)c4)ncnc32)c1. The summed E-state index contributed by atoms with van der Waals surface area (Å²) in [5.74, 6) is 1.76. The average Bonchev–Trinajstić information content (AvgIpc) is 3.07. The Morgan fingerprint density at radius 2 is 1.85 bits per heavy atom. The second-order valence-corrected chi connectivity index (χ2v) is 7.09. The van der Waals surface area contributed by atoms with Crippen molar-refractivity contribution >= 4 is 11.0 Å². The van der Waals surface area contributed by atoms with E-state index in [2.05, 4.69) is 61.0 Å². The maximum atomic E-state index is 6.08. The third-order valence-electron chi connectivity index (χ3n) is 4.65. The molecule has 4 rings (SSSR count). The van der Waals surface area contributed by atoms with Crippen LogP contribution in [-0.2, 0) is 0 Å². The van der Waals surface area contributed by atoms with E-state index < -0.39 is 0 Å². The lowest BCUT2D eigenvalue weighted by Gasteiger charge is -2.12. The lowest BCUT2D eigenvalue weighted by molar-refractivity contribution is 0.467. The van der Waals surface area contributed by atoms with E-state index in [1.807, 2.05) is 28.9 Å². The van der Waals surface area contributed by atoms with Gasteiger partial charge in [-0.25, -0.2) is 14.6 Å². The Kier molecular flexibility index (Phi) is 4.36. The van der Waals surface area contributed by atoms with E-state index in [4.69, 9.17) is 4.74 Å². The number of nitrogens with zero attached hydrogens (tertiary/aromatic N) is 4. The fourth-order valence-corrected chi connectivity index (χ4v) is 3.32. The molecular weight excluding hydrogens is 336 g/mol. The molecule has 0 spiro atoms. The molecule has 0 bridgehead atoms. The first-order valence-corrected chi connectivity index (χ1v) is 9.07. The molecule has 0 aliphatic heterocycles. The molecule has 0 N–H and O–H groups in total. The van der Waals surface area contributed by atoms with Crippen molar-refractivity contribution in [1.82, 2.24) is 19.7 Å². The van der Waals surface area contributed by atoms with Crippen molar-refractivity contribution in [2.75, 3.05) is 0 Å². The lowest BCUT2D eigenvalue weighted by atomic mass is 9.98. The Bertz CT molecular complexity index is 1110. The molecule has 0 amide bonds. The van der Waals surface area contributed by atoms with Crippen molar-refractivity contribution in [3.63, 3.8) is 0 Å². The highest BCUT2D eigenvalue weighted by molar-refractivity contribution is 5.81.